The van der Waals surface area contributed by atoms with E-state index in [9.17, 15) is 0 Å². The molecule has 0 bridgehead atoms. The third kappa shape index (κ3) is 2.87. The van der Waals surface area contributed by atoms with Crippen molar-refractivity contribution in [2.45, 2.75) is 6.61 Å². The molecular weight excluding hydrogens is 224 g/mol. The van der Waals surface area contributed by atoms with Gasteiger partial charge in [0, 0.05) is 0 Å². The van der Waals surface area contributed by atoms with E-state index >= 15 is 0 Å². The monoisotopic (exact) mass is 234 g/mol. The Balaban J connectivity index is 1.98. The van der Waals surface area contributed by atoms with E-state index in [1.165, 1.54) is 0 Å². The van der Waals surface area contributed by atoms with Crippen molar-refractivity contribution in [3.05, 3.63) is 65.2 Å². The third-order valence-corrected chi connectivity index (χ3v) is 2.47. The van der Waals surface area contributed by atoms with Crippen LogP contribution in [-0.4, -0.2) is 0 Å². The smallest absolute Gasteiger partial charge is 0.119 e. The molecule has 86 valence electrons. The van der Waals surface area contributed by atoms with Gasteiger partial charge in [0.15, 0.2) is 0 Å². The number of ether oxygens (including phenoxy) is 1. The Morgan fingerprint density at radius 3 is 1.78 bits per heavy atom. The first kappa shape index (κ1) is 11.7. The second-order valence-electron chi connectivity index (χ2n) is 3.73. The number of nitrogens with zero attached hydrogens (tertiary/aromatic N) is 2. The highest BCUT2D eigenvalue weighted by Gasteiger charge is 1.97. The topological polar surface area (TPSA) is 56.8 Å². The molecule has 0 aromatic heterocycles. The second-order valence-corrected chi connectivity index (χ2v) is 3.73. The molecule has 2 aromatic rings. The van der Waals surface area contributed by atoms with E-state index in [0.717, 1.165) is 11.3 Å². The fourth-order valence-electron chi connectivity index (χ4n) is 1.47. The molecule has 0 heterocycles. The van der Waals surface area contributed by atoms with Crippen LogP contribution in [0, 0.1) is 22.7 Å². The maximum absolute atomic E-state index is 8.68. The third-order valence-electron chi connectivity index (χ3n) is 2.47. The average molecular weight is 234 g/mol. The Bertz CT molecular complexity index is 543. The molecule has 18 heavy (non-hydrogen) atoms. The van der Waals surface area contributed by atoms with Crippen molar-refractivity contribution in [2.75, 3.05) is 0 Å². The summed E-state index contributed by atoms with van der Waals surface area (Å²) in [5.74, 6) is 0.721. The lowest BCUT2D eigenvalue weighted by molar-refractivity contribution is 0.306. The summed E-state index contributed by atoms with van der Waals surface area (Å²) in [5, 5.41) is 17.3. The van der Waals surface area contributed by atoms with E-state index < -0.39 is 0 Å². The summed E-state index contributed by atoms with van der Waals surface area (Å²) < 4.78 is 5.57. The van der Waals surface area contributed by atoms with Gasteiger partial charge in [0.25, 0.3) is 0 Å². The molecule has 0 saturated carbocycles. The van der Waals surface area contributed by atoms with E-state index in [4.69, 9.17) is 15.3 Å². The van der Waals surface area contributed by atoms with Crippen LogP contribution in [0.1, 0.15) is 16.7 Å². The molecule has 3 heteroatoms. The van der Waals surface area contributed by atoms with Crippen molar-refractivity contribution in [1.82, 2.24) is 0 Å². The van der Waals surface area contributed by atoms with Crippen LogP contribution in [0.15, 0.2) is 48.5 Å². The maximum atomic E-state index is 8.68. The Morgan fingerprint density at radius 2 is 1.28 bits per heavy atom. The van der Waals surface area contributed by atoms with Gasteiger partial charge in [-0.25, -0.2) is 0 Å². The highest BCUT2D eigenvalue weighted by molar-refractivity contribution is 5.35. The van der Waals surface area contributed by atoms with E-state index in [-0.39, 0.29) is 0 Å². The minimum absolute atomic E-state index is 0.442. The minimum atomic E-state index is 0.442. The van der Waals surface area contributed by atoms with Gasteiger partial charge >= 0.3 is 0 Å². The summed E-state index contributed by atoms with van der Waals surface area (Å²) in [5.41, 5.74) is 2.25. The lowest BCUT2D eigenvalue weighted by Gasteiger charge is -2.06. The molecule has 0 atom stereocenters. The second kappa shape index (κ2) is 5.52. The van der Waals surface area contributed by atoms with Crippen LogP contribution in [0.2, 0.25) is 0 Å². The molecular formula is C15H10N2O. The number of rotatable bonds is 3. The van der Waals surface area contributed by atoms with Gasteiger partial charge in [0.05, 0.1) is 23.3 Å². The number of nitriles is 2. The van der Waals surface area contributed by atoms with Crippen molar-refractivity contribution < 1.29 is 4.74 Å². The number of hydrogen-bond acceptors (Lipinski definition) is 3. The Labute approximate surface area is 105 Å². The van der Waals surface area contributed by atoms with E-state index in [2.05, 4.69) is 12.1 Å². The van der Waals surface area contributed by atoms with Crippen LogP contribution in [0.5, 0.6) is 5.75 Å². The first-order valence-electron chi connectivity index (χ1n) is 5.44. The Kier molecular flexibility index (Phi) is 3.59. The summed E-state index contributed by atoms with van der Waals surface area (Å²) in [6, 6.07) is 18.3. The number of hydrogen-bond donors (Lipinski definition) is 0. The van der Waals surface area contributed by atoms with E-state index in [1.54, 1.807) is 36.4 Å². The average Bonchev–Trinajstić information content (AvgIpc) is 2.46. The quantitative estimate of drug-likeness (QED) is 0.820. The first-order chi connectivity index (χ1) is 8.81. The SMILES string of the molecule is N#Cc1ccc(COc2ccc(C#N)cc2)cc1. The van der Waals surface area contributed by atoms with E-state index in [0.29, 0.717) is 17.7 Å². The van der Waals surface area contributed by atoms with Gasteiger partial charge in [-0.05, 0) is 42.0 Å². The molecule has 0 saturated heterocycles. The first-order valence-corrected chi connectivity index (χ1v) is 5.44. The molecule has 0 amide bonds. The van der Waals surface area contributed by atoms with Crippen molar-refractivity contribution in [3.8, 4) is 17.9 Å². The molecule has 0 aliphatic rings. The predicted octanol–water partition coefficient (Wildman–Crippen LogP) is 3.01. The highest BCUT2D eigenvalue weighted by atomic mass is 16.5. The largest absolute Gasteiger partial charge is 0.489 e. The molecule has 2 aromatic carbocycles. The zero-order valence-corrected chi connectivity index (χ0v) is 9.63. The molecule has 0 radical (unpaired) electrons. The van der Waals surface area contributed by atoms with Crippen molar-refractivity contribution in [3.63, 3.8) is 0 Å². The molecule has 0 aliphatic carbocycles. The maximum Gasteiger partial charge on any atom is 0.119 e. The van der Waals surface area contributed by atoms with Crippen LogP contribution in [-0.2, 0) is 6.61 Å². The predicted molar refractivity (Wildman–Crippen MR) is 66.6 cm³/mol. The van der Waals surface area contributed by atoms with Gasteiger partial charge in [-0.2, -0.15) is 10.5 Å². The van der Waals surface area contributed by atoms with Crippen LogP contribution < -0.4 is 4.74 Å². The van der Waals surface area contributed by atoms with Gasteiger partial charge in [0.1, 0.15) is 12.4 Å². The van der Waals surface area contributed by atoms with Crippen molar-refractivity contribution in [1.29, 1.82) is 10.5 Å². The molecule has 0 N–H and O–H groups in total. The summed E-state index contributed by atoms with van der Waals surface area (Å²) in [4.78, 5) is 0. The van der Waals surface area contributed by atoms with Crippen molar-refractivity contribution in [2.24, 2.45) is 0 Å². The van der Waals surface area contributed by atoms with Crippen LogP contribution >= 0.6 is 0 Å². The Hall–Kier alpha value is -2.78. The van der Waals surface area contributed by atoms with Gasteiger partial charge in [-0.1, -0.05) is 12.1 Å². The van der Waals surface area contributed by atoms with Crippen LogP contribution in [0.4, 0.5) is 0 Å². The lowest BCUT2D eigenvalue weighted by atomic mass is 10.1. The molecule has 0 unspecified atom stereocenters. The summed E-state index contributed by atoms with van der Waals surface area (Å²) in [6.07, 6.45) is 0. The zero-order valence-electron chi connectivity index (χ0n) is 9.63. The molecule has 3 nitrogen and oxygen atoms in total. The van der Waals surface area contributed by atoms with E-state index in [1.807, 2.05) is 12.1 Å². The van der Waals surface area contributed by atoms with Crippen LogP contribution in [0.25, 0.3) is 0 Å². The molecule has 0 aliphatic heterocycles. The van der Waals surface area contributed by atoms with Gasteiger partial charge in [-0.3, -0.25) is 0 Å². The van der Waals surface area contributed by atoms with Crippen molar-refractivity contribution >= 4 is 0 Å². The zero-order chi connectivity index (χ0) is 12.8. The molecule has 0 spiro atoms. The highest BCUT2D eigenvalue weighted by Crippen LogP contribution is 2.14. The van der Waals surface area contributed by atoms with Gasteiger partial charge < -0.3 is 4.74 Å². The molecule has 2 rings (SSSR count). The standard InChI is InChI=1S/C15H10N2O/c16-9-12-1-3-14(4-2-12)11-18-15-7-5-13(10-17)6-8-15/h1-8H,11H2. The minimum Gasteiger partial charge on any atom is -0.489 e. The lowest BCUT2D eigenvalue weighted by Crippen LogP contribution is -1.95. The Morgan fingerprint density at radius 1 is 0.778 bits per heavy atom. The fraction of sp³-hybridized carbons (Fsp3) is 0.0667. The number of benzene rings is 2. The summed E-state index contributed by atoms with van der Waals surface area (Å²) >= 11 is 0. The fourth-order valence-corrected chi connectivity index (χ4v) is 1.47. The summed E-state index contributed by atoms with van der Waals surface area (Å²) in [7, 11) is 0. The van der Waals surface area contributed by atoms with Crippen LogP contribution in [0.3, 0.4) is 0 Å². The van der Waals surface area contributed by atoms with Gasteiger partial charge in [-0.15, -0.1) is 0 Å². The van der Waals surface area contributed by atoms with Gasteiger partial charge in [0.2, 0.25) is 0 Å². The normalized spacial score (nSPS) is 9.22. The molecule has 0 fully saturated rings. The summed E-state index contributed by atoms with van der Waals surface area (Å²) in [6.45, 7) is 0.442.